The van der Waals surface area contributed by atoms with Crippen molar-refractivity contribution in [3.05, 3.63) is 101 Å². The summed E-state index contributed by atoms with van der Waals surface area (Å²) in [5.74, 6) is -1.10. The number of benzene rings is 3. The number of imide groups is 1. The zero-order valence-corrected chi connectivity index (χ0v) is 18.2. The molecule has 2 unspecified atom stereocenters. The molecule has 0 aromatic heterocycles. The second-order valence-corrected chi connectivity index (χ2v) is 9.79. The number of rotatable bonds is 5. The Morgan fingerprint density at radius 1 is 0.875 bits per heavy atom. The zero-order valence-electron chi connectivity index (χ0n) is 17.4. The van der Waals surface area contributed by atoms with Gasteiger partial charge in [-0.15, -0.1) is 0 Å². The van der Waals surface area contributed by atoms with Gasteiger partial charge in [-0.1, -0.05) is 54.1 Å². The number of nitrogens with zero attached hydrogens (tertiary/aromatic N) is 1. The molecule has 0 radical (unpaired) electrons. The molecule has 6 nitrogen and oxygen atoms in total. The van der Waals surface area contributed by atoms with E-state index in [0.29, 0.717) is 17.5 Å². The Balaban J connectivity index is 1.45. The molecule has 2 aliphatic rings. The molecule has 0 fully saturated rings. The average Bonchev–Trinajstić information content (AvgIpc) is 3.24. The minimum Gasteiger partial charge on any atom is -0.274 e. The molecule has 0 spiro atoms. The van der Waals surface area contributed by atoms with E-state index in [1.165, 1.54) is 17.0 Å². The lowest BCUT2D eigenvalue weighted by atomic mass is 10.0. The lowest BCUT2D eigenvalue weighted by Gasteiger charge is -2.24. The van der Waals surface area contributed by atoms with Gasteiger partial charge in [0.15, 0.2) is 0 Å². The number of fused-ring (bicyclic) bond motifs is 2. The number of carbonyl (C=O) groups excluding carboxylic acids is 2. The Bertz CT molecular complexity index is 1300. The van der Waals surface area contributed by atoms with E-state index in [-0.39, 0.29) is 29.2 Å². The number of amides is 2. The minimum absolute atomic E-state index is 0.0759. The smallest absolute Gasteiger partial charge is 0.274 e. The molecule has 2 amide bonds. The van der Waals surface area contributed by atoms with Crippen LogP contribution in [0.2, 0.25) is 0 Å². The second-order valence-electron chi connectivity index (χ2n) is 8.21. The normalized spacial score (nSPS) is 19.8. The third-order valence-corrected chi connectivity index (χ3v) is 7.42. The molecule has 0 N–H and O–H groups in total. The summed E-state index contributed by atoms with van der Waals surface area (Å²) in [7, 11) is -4.04. The van der Waals surface area contributed by atoms with Gasteiger partial charge in [-0.3, -0.25) is 18.7 Å². The van der Waals surface area contributed by atoms with Gasteiger partial charge in [0, 0.05) is 12.5 Å². The third-order valence-electron chi connectivity index (χ3n) is 6.11. The van der Waals surface area contributed by atoms with Crippen LogP contribution in [0.3, 0.4) is 0 Å². The molecule has 0 saturated heterocycles. The predicted octanol–water partition coefficient (Wildman–Crippen LogP) is 3.91. The highest BCUT2D eigenvalue weighted by atomic mass is 32.2. The SMILES string of the molecule is Cc1ccc(S(=O)(=O)OC2c3ccccc3CC2CN2C(=O)c3ccccc3C2=O)cc1. The van der Waals surface area contributed by atoms with Crippen LogP contribution in [-0.4, -0.2) is 31.7 Å². The highest BCUT2D eigenvalue weighted by Gasteiger charge is 2.42. The maximum absolute atomic E-state index is 13.0. The van der Waals surface area contributed by atoms with Gasteiger partial charge in [-0.25, -0.2) is 0 Å². The Morgan fingerprint density at radius 3 is 2.12 bits per heavy atom. The summed E-state index contributed by atoms with van der Waals surface area (Å²) in [6.07, 6.45) is -0.278. The van der Waals surface area contributed by atoms with Crippen molar-refractivity contribution in [2.45, 2.75) is 24.3 Å². The van der Waals surface area contributed by atoms with Crippen LogP contribution in [0.25, 0.3) is 0 Å². The van der Waals surface area contributed by atoms with Crippen molar-refractivity contribution >= 4 is 21.9 Å². The van der Waals surface area contributed by atoms with Crippen molar-refractivity contribution in [2.75, 3.05) is 6.54 Å². The molecule has 2 atom stereocenters. The molecule has 0 bridgehead atoms. The maximum atomic E-state index is 13.0. The van der Waals surface area contributed by atoms with Gasteiger partial charge in [0.25, 0.3) is 21.9 Å². The van der Waals surface area contributed by atoms with E-state index in [4.69, 9.17) is 4.18 Å². The fourth-order valence-corrected chi connectivity index (χ4v) is 5.58. The van der Waals surface area contributed by atoms with Gasteiger partial charge in [-0.05, 0) is 48.7 Å². The van der Waals surface area contributed by atoms with Crippen molar-refractivity contribution in [3.8, 4) is 0 Å². The van der Waals surface area contributed by atoms with E-state index in [1.54, 1.807) is 36.4 Å². The van der Waals surface area contributed by atoms with Crippen LogP contribution in [0.15, 0.2) is 77.7 Å². The summed E-state index contributed by atoms with van der Waals surface area (Å²) < 4.78 is 31.8. The molecule has 3 aromatic carbocycles. The summed E-state index contributed by atoms with van der Waals surface area (Å²) in [4.78, 5) is 27.0. The van der Waals surface area contributed by atoms with Gasteiger partial charge in [0.05, 0.1) is 16.0 Å². The number of aryl methyl sites for hydroxylation is 1. The van der Waals surface area contributed by atoms with Crippen molar-refractivity contribution in [1.29, 1.82) is 0 Å². The highest BCUT2D eigenvalue weighted by Crippen LogP contribution is 2.42. The monoisotopic (exact) mass is 447 g/mol. The molecular formula is C25H21NO5S. The van der Waals surface area contributed by atoms with Crippen LogP contribution in [0.1, 0.15) is 43.5 Å². The molecule has 7 heteroatoms. The quantitative estimate of drug-likeness (QED) is 0.438. The number of hydrogen-bond donors (Lipinski definition) is 0. The fraction of sp³-hybridized carbons (Fsp3) is 0.200. The average molecular weight is 448 g/mol. The Morgan fingerprint density at radius 2 is 1.47 bits per heavy atom. The molecule has 1 heterocycles. The summed E-state index contributed by atoms with van der Waals surface area (Å²) >= 11 is 0. The van der Waals surface area contributed by atoms with E-state index >= 15 is 0 Å². The first-order chi connectivity index (χ1) is 15.3. The number of hydrogen-bond acceptors (Lipinski definition) is 5. The minimum atomic E-state index is -4.04. The summed E-state index contributed by atoms with van der Waals surface area (Å²) in [5.41, 5.74) is 3.41. The maximum Gasteiger partial charge on any atom is 0.297 e. The summed E-state index contributed by atoms with van der Waals surface area (Å²) in [5, 5.41) is 0. The Hall–Kier alpha value is -3.29. The van der Waals surface area contributed by atoms with Crippen LogP contribution < -0.4 is 0 Å². The van der Waals surface area contributed by atoms with Crippen molar-refractivity contribution in [2.24, 2.45) is 5.92 Å². The van der Waals surface area contributed by atoms with Crippen molar-refractivity contribution in [3.63, 3.8) is 0 Å². The van der Waals surface area contributed by atoms with E-state index in [1.807, 2.05) is 31.2 Å². The van der Waals surface area contributed by atoms with Gasteiger partial charge in [0.2, 0.25) is 0 Å². The first-order valence-electron chi connectivity index (χ1n) is 10.4. The number of carbonyl (C=O) groups is 2. The van der Waals surface area contributed by atoms with E-state index in [0.717, 1.165) is 16.7 Å². The fourth-order valence-electron chi connectivity index (χ4n) is 4.47. The molecule has 32 heavy (non-hydrogen) atoms. The molecule has 5 rings (SSSR count). The third kappa shape index (κ3) is 3.43. The molecular weight excluding hydrogens is 426 g/mol. The van der Waals surface area contributed by atoms with Crippen LogP contribution in [0.5, 0.6) is 0 Å². The van der Waals surface area contributed by atoms with Crippen LogP contribution >= 0.6 is 0 Å². The summed E-state index contributed by atoms with van der Waals surface area (Å²) in [6.45, 7) is 1.96. The van der Waals surface area contributed by atoms with Crippen molar-refractivity contribution < 1.29 is 22.2 Å². The van der Waals surface area contributed by atoms with E-state index in [9.17, 15) is 18.0 Å². The van der Waals surface area contributed by atoms with Crippen molar-refractivity contribution in [1.82, 2.24) is 4.90 Å². The topological polar surface area (TPSA) is 80.8 Å². The molecule has 3 aromatic rings. The molecule has 1 aliphatic carbocycles. The van der Waals surface area contributed by atoms with Gasteiger partial charge >= 0.3 is 0 Å². The Labute approximate surface area is 186 Å². The molecule has 0 saturated carbocycles. The lowest BCUT2D eigenvalue weighted by Crippen LogP contribution is -2.36. The Kier molecular flexibility index (Phi) is 4.95. The summed E-state index contributed by atoms with van der Waals surface area (Å²) in [6, 6.07) is 20.7. The highest BCUT2D eigenvalue weighted by molar-refractivity contribution is 7.86. The predicted molar refractivity (Wildman–Crippen MR) is 118 cm³/mol. The van der Waals surface area contributed by atoms with Crippen LogP contribution in [0.4, 0.5) is 0 Å². The standard InChI is InChI=1S/C25H21NO5S/c1-16-10-12-19(13-11-16)32(29,30)31-23-18(14-17-6-2-3-7-20(17)23)15-26-24(27)21-8-4-5-9-22(21)25(26)28/h2-13,18,23H,14-15H2,1H3. The van der Waals surface area contributed by atoms with Gasteiger partial charge < -0.3 is 0 Å². The first kappa shape index (κ1) is 20.6. The van der Waals surface area contributed by atoms with E-state index < -0.39 is 16.2 Å². The molecule has 1 aliphatic heterocycles. The second kappa shape index (κ2) is 7.69. The lowest BCUT2D eigenvalue weighted by molar-refractivity contribution is 0.0576. The van der Waals surface area contributed by atoms with Gasteiger partial charge in [0.1, 0.15) is 6.10 Å². The van der Waals surface area contributed by atoms with Crippen LogP contribution in [0, 0.1) is 12.8 Å². The zero-order chi connectivity index (χ0) is 22.5. The van der Waals surface area contributed by atoms with E-state index in [2.05, 4.69) is 0 Å². The van der Waals surface area contributed by atoms with Crippen LogP contribution in [-0.2, 0) is 20.7 Å². The van der Waals surface area contributed by atoms with Gasteiger partial charge in [-0.2, -0.15) is 8.42 Å². The molecule has 162 valence electrons. The largest absolute Gasteiger partial charge is 0.297 e. The first-order valence-corrected chi connectivity index (χ1v) is 11.8.